The third-order valence-corrected chi connectivity index (χ3v) is 16.9. The van der Waals surface area contributed by atoms with Crippen molar-refractivity contribution in [3.63, 3.8) is 0 Å². The molecule has 13 rings (SSSR count). The molecule has 366 valence electrons. The smallest absolute Gasteiger partial charge is 0.327 e. The molecule has 0 aliphatic heterocycles. The van der Waals surface area contributed by atoms with Crippen molar-refractivity contribution in [2.24, 2.45) is 0 Å². The normalized spacial score (nSPS) is 12.1. The van der Waals surface area contributed by atoms with Gasteiger partial charge in [-0.1, -0.05) is 246 Å². The van der Waals surface area contributed by atoms with Crippen molar-refractivity contribution in [1.82, 2.24) is 18.9 Å². The molecular weight excluding hydrogens is 987 g/mol. The zero-order valence-corrected chi connectivity index (χ0v) is 44.2. The summed E-state index contributed by atoms with van der Waals surface area (Å²) in [7, 11) is 0. The highest BCUT2D eigenvalue weighted by Gasteiger charge is 2.37. The highest BCUT2D eigenvalue weighted by atomic mass is 32.1. The van der Waals surface area contributed by atoms with E-state index in [4.69, 9.17) is 9.97 Å². The lowest BCUT2D eigenvalue weighted by molar-refractivity contribution is 1.01. The maximum absolute atomic E-state index is 12.3. The van der Waals surface area contributed by atoms with Crippen LogP contribution in [0.5, 0.6) is 0 Å². The van der Waals surface area contributed by atoms with E-state index in [1.54, 1.807) is 0 Å². The molecule has 0 spiro atoms. The van der Waals surface area contributed by atoms with Gasteiger partial charge in [-0.2, -0.15) is 5.26 Å². The molecular formula is C68H46B2N6S2. The van der Waals surface area contributed by atoms with Crippen LogP contribution in [-0.4, -0.2) is 32.6 Å². The first-order chi connectivity index (χ1) is 38.6. The van der Waals surface area contributed by atoms with E-state index in [-0.39, 0.29) is 0 Å². The van der Waals surface area contributed by atoms with Crippen LogP contribution < -0.4 is 32.5 Å². The second kappa shape index (κ2) is 20.9. The average Bonchev–Trinajstić information content (AvgIpc) is 4.23. The molecule has 0 unspecified atom stereocenters. The molecule has 0 saturated carbocycles. The van der Waals surface area contributed by atoms with Gasteiger partial charge in [-0.25, -0.2) is 14.8 Å². The van der Waals surface area contributed by atoms with E-state index in [0.717, 1.165) is 103 Å². The number of thiazole rings is 2. The topological polar surface area (TPSA) is 63.8 Å². The number of fused-ring (bicyclic) bond motifs is 3. The molecule has 0 radical (unpaired) electrons. The van der Waals surface area contributed by atoms with E-state index in [9.17, 15) is 11.8 Å². The predicted octanol–water partition coefficient (Wildman–Crippen LogP) is 12.0. The van der Waals surface area contributed by atoms with Crippen LogP contribution in [0.15, 0.2) is 249 Å². The van der Waals surface area contributed by atoms with Gasteiger partial charge in [0.2, 0.25) is 5.70 Å². The van der Waals surface area contributed by atoms with Crippen molar-refractivity contribution in [2.75, 3.05) is 0 Å². The Morgan fingerprint density at radius 1 is 0.500 bits per heavy atom. The van der Waals surface area contributed by atoms with Crippen molar-refractivity contribution in [1.29, 1.82) is 5.26 Å². The van der Waals surface area contributed by atoms with Gasteiger partial charge < -0.3 is 8.96 Å². The van der Waals surface area contributed by atoms with Gasteiger partial charge in [0, 0.05) is 39.5 Å². The van der Waals surface area contributed by atoms with Crippen LogP contribution in [0.2, 0.25) is 0 Å². The summed E-state index contributed by atoms with van der Waals surface area (Å²) < 4.78 is 6.85. The summed E-state index contributed by atoms with van der Waals surface area (Å²) in [5.41, 5.74) is 13.9. The second-order valence-electron chi connectivity index (χ2n) is 19.4. The first-order valence-corrected chi connectivity index (χ1v) is 27.6. The van der Waals surface area contributed by atoms with Gasteiger partial charge in [0.25, 0.3) is 0 Å². The van der Waals surface area contributed by atoms with Crippen LogP contribution in [0.1, 0.15) is 26.8 Å². The van der Waals surface area contributed by atoms with Crippen LogP contribution in [0.25, 0.3) is 69.7 Å². The molecule has 0 aliphatic rings. The van der Waals surface area contributed by atoms with Gasteiger partial charge in [0.15, 0.2) is 0 Å². The standard InChI is InChI=1S/C68H46B2N6S2/c1-46-24-18-19-35-54(46)64-62-61(66(63(72-2)68-74-57-37-21-23-39-60(57)78-68)76(64)70(52-31-14-6-15-32-52)53-33-16-7-17-34-53)58(44-47-40-42-49(43-41-47)48-25-8-3-9-26-48)75(69(50-27-10-4-11-28-50)51-29-12-5-13-30-51)65(62)55(45-71)67-73-56-36-20-22-38-59(56)77-67/h3-43H,44H2,1H3/b65-55-,66-63+. The number of hydrogen-bond acceptors (Lipinski definition) is 5. The molecule has 0 aliphatic carbocycles. The summed E-state index contributed by atoms with van der Waals surface area (Å²) in [5, 5.41) is 16.7. The van der Waals surface area contributed by atoms with Crippen molar-refractivity contribution in [2.45, 2.75) is 13.3 Å². The van der Waals surface area contributed by atoms with Crippen molar-refractivity contribution in [3.05, 3.63) is 298 Å². The Hall–Kier alpha value is -9.57. The molecule has 13 aromatic rings. The first kappa shape index (κ1) is 48.1. The van der Waals surface area contributed by atoms with Crippen LogP contribution >= 0.6 is 22.7 Å². The molecule has 0 amide bonds. The minimum Gasteiger partial charge on any atom is -0.384 e. The number of rotatable bonds is 12. The van der Waals surface area contributed by atoms with Gasteiger partial charge in [0.1, 0.15) is 21.7 Å². The van der Waals surface area contributed by atoms with E-state index >= 15 is 0 Å². The van der Waals surface area contributed by atoms with Gasteiger partial charge >= 0.3 is 13.7 Å². The molecule has 9 aromatic carbocycles. The SMILES string of the molecule is [C-]#[N+]/C(c1nc2ccccc2s1)=c1\c2c(Cc3ccc(-c4ccccc4)cc3)n(B(c3ccccc3)c3ccccc3)/c(=C(/C#N)c3nc4ccccc4s3)c2c(-c2ccccc2C)n1B(c1ccccc1)c1ccccc1. The Morgan fingerprint density at radius 2 is 0.949 bits per heavy atom. The molecule has 0 fully saturated rings. The van der Waals surface area contributed by atoms with Gasteiger partial charge in [-0.15, -0.1) is 22.7 Å². The fraction of sp³-hybridized carbons (Fsp3) is 0.0294. The molecule has 4 heterocycles. The average molecular weight is 1030 g/mol. The van der Waals surface area contributed by atoms with E-state index in [2.05, 4.69) is 233 Å². The molecule has 10 heteroatoms. The second-order valence-corrected chi connectivity index (χ2v) is 21.5. The molecule has 4 aromatic heterocycles. The summed E-state index contributed by atoms with van der Waals surface area (Å²) in [6, 6.07) is 89.5. The zero-order valence-electron chi connectivity index (χ0n) is 42.5. The Labute approximate surface area is 461 Å². The molecule has 0 N–H and O–H groups in total. The number of aromatic nitrogens is 4. The summed E-state index contributed by atoms with van der Waals surface area (Å²) in [6.07, 6.45) is 0.441. The molecule has 78 heavy (non-hydrogen) atoms. The van der Waals surface area contributed by atoms with Crippen molar-refractivity contribution in [3.8, 4) is 28.5 Å². The Morgan fingerprint density at radius 3 is 1.46 bits per heavy atom. The summed E-state index contributed by atoms with van der Waals surface area (Å²) in [5.74, 6) is 0. The highest BCUT2D eigenvalue weighted by Crippen LogP contribution is 2.37. The quantitative estimate of drug-likeness (QED) is 0.0905. The van der Waals surface area contributed by atoms with E-state index < -0.39 is 13.7 Å². The lowest BCUT2D eigenvalue weighted by Crippen LogP contribution is -2.54. The summed E-state index contributed by atoms with van der Waals surface area (Å²) >= 11 is 3.07. The van der Waals surface area contributed by atoms with Crippen LogP contribution in [0, 0.1) is 24.8 Å². The molecule has 0 atom stereocenters. The van der Waals surface area contributed by atoms with Gasteiger partial charge in [-0.05, 0) is 53.4 Å². The Bertz CT molecular complexity index is 4320. The lowest BCUT2D eigenvalue weighted by Gasteiger charge is -2.24. The maximum atomic E-state index is 12.3. The summed E-state index contributed by atoms with van der Waals surface area (Å²) in [6.45, 7) is 10.8. The fourth-order valence-corrected chi connectivity index (χ4v) is 13.2. The Balaban J connectivity index is 1.33. The van der Waals surface area contributed by atoms with Crippen LogP contribution in [0.3, 0.4) is 0 Å². The number of hydrogen-bond donors (Lipinski definition) is 0. The van der Waals surface area contributed by atoms with Gasteiger partial charge in [-0.3, -0.25) is 0 Å². The third-order valence-electron chi connectivity index (χ3n) is 14.8. The number of benzene rings is 9. The van der Waals surface area contributed by atoms with E-state index in [0.29, 0.717) is 27.7 Å². The van der Waals surface area contributed by atoms with Gasteiger partial charge in [0.05, 0.1) is 32.4 Å². The number of aryl methyl sites for hydroxylation is 1. The minimum absolute atomic E-state index is 0.428. The number of nitriles is 1. The molecule has 0 saturated heterocycles. The highest BCUT2D eigenvalue weighted by molar-refractivity contribution is 7.20. The molecule has 0 bridgehead atoms. The number of para-hydroxylation sites is 2. The zero-order chi connectivity index (χ0) is 52.5. The number of nitrogens with zero attached hydrogens (tertiary/aromatic N) is 6. The monoisotopic (exact) mass is 1030 g/mol. The minimum atomic E-state index is -0.457. The largest absolute Gasteiger partial charge is 0.384 e. The fourth-order valence-electron chi connectivity index (χ4n) is 11.3. The first-order valence-electron chi connectivity index (χ1n) is 26.0. The van der Waals surface area contributed by atoms with Crippen LogP contribution in [-0.2, 0) is 6.42 Å². The van der Waals surface area contributed by atoms with Crippen LogP contribution in [0.4, 0.5) is 0 Å². The lowest BCUT2D eigenvalue weighted by atomic mass is 9.50. The maximum Gasteiger partial charge on any atom is 0.327 e. The van der Waals surface area contributed by atoms with E-state index in [1.807, 2.05) is 42.5 Å². The van der Waals surface area contributed by atoms with E-state index in [1.165, 1.54) is 22.7 Å². The van der Waals surface area contributed by atoms with Crippen molar-refractivity contribution >= 4 is 101 Å². The Kier molecular flexibility index (Phi) is 12.9. The summed E-state index contributed by atoms with van der Waals surface area (Å²) in [4.78, 5) is 15.3. The molecule has 6 nitrogen and oxygen atoms in total. The third kappa shape index (κ3) is 8.64. The predicted molar refractivity (Wildman–Crippen MR) is 327 cm³/mol. The van der Waals surface area contributed by atoms with Crippen molar-refractivity contribution < 1.29 is 0 Å².